The van der Waals surface area contributed by atoms with Crippen LogP contribution in [0.5, 0.6) is 11.5 Å². The van der Waals surface area contributed by atoms with Gasteiger partial charge in [0.2, 0.25) is 0 Å². The van der Waals surface area contributed by atoms with E-state index < -0.39 is 0 Å². The molecule has 0 bridgehead atoms. The number of aliphatic imine (C=N–C) groups is 1. The van der Waals surface area contributed by atoms with Gasteiger partial charge in [-0.15, -0.1) is 6.58 Å². The molecule has 0 radical (unpaired) electrons. The van der Waals surface area contributed by atoms with E-state index in [4.69, 9.17) is 9.73 Å². The quantitative estimate of drug-likeness (QED) is 0.443. The fourth-order valence-corrected chi connectivity index (χ4v) is 4.50. The molecule has 2 aromatic rings. The number of rotatable bonds is 7. The molecule has 0 unspecified atom stereocenters. The van der Waals surface area contributed by atoms with E-state index >= 15 is 0 Å². The molecular formula is C25H28N2O3S. The number of benzene rings is 2. The highest BCUT2D eigenvalue weighted by molar-refractivity contribution is 8.18. The summed E-state index contributed by atoms with van der Waals surface area (Å²) in [6.07, 6.45) is 4.06. The van der Waals surface area contributed by atoms with Gasteiger partial charge in [-0.25, -0.2) is 4.99 Å². The zero-order valence-corrected chi connectivity index (χ0v) is 19.3. The van der Waals surface area contributed by atoms with E-state index in [2.05, 4.69) is 6.58 Å². The molecule has 1 fully saturated rings. The SMILES string of the molecule is C=CCc1cc(/C=C2/SC(=Nc3c(C)cccc3C)N(CC)C2=O)cc(OCC)c1O. The number of allylic oxidation sites excluding steroid dienone is 1. The Labute approximate surface area is 188 Å². The van der Waals surface area contributed by atoms with E-state index in [9.17, 15) is 9.90 Å². The maximum atomic E-state index is 13.1. The van der Waals surface area contributed by atoms with Crippen molar-refractivity contribution in [3.8, 4) is 11.5 Å². The first-order chi connectivity index (χ1) is 14.9. The number of aromatic hydroxyl groups is 1. The van der Waals surface area contributed by atoms with Crippen molar-refractivity contribution in [2.45, 2.75) is 34.1 Å². The molecule has 1 heterocycles. The highest BCUT2D eigenvalue weighted by Gasteiger charge is 2.32. The molecule has 0 aliphatic carbocycles. The number of amidine groups is 1. The van der Waals surface area contributed by atoms with Crippen LogP contribution in [0.3, 0.4) is 0 Å². The average molecular weight is 437 g/mol. The molecule has 162 valence electrons. The highest BCUT2D eigenvalue weighted by Crippen LogP contribution is 2.38. The van der Waals surface area contributed by atoms with Crippen LogP contribution in [-0.4, -0.2) is 34.2 Å². The molecule has 6 heteroatoms. The van der Waals surface area contributed by atoms with Gasteiger partial charge in [-0.05, 0) is 80.8 Å². The Morgan fingerprint density at radius 2 is 1.94 bits per heavy atom. The summed E-state index contributed by atoms with van der Waals surface area (Å²) in [5.41, 5.74) is 4.54. The molecule has 1 aliphatic heterocycles. The lowest BCUT2D eigenvalue weighted by Gasteiger charge is -2.13. The largest absolute Gasteiger partial charge is 0.504 e. The van der Waals surface area contributed by atoms with Crippen molar-refractivity contribution >= 4 is 34.6 Å². The van der Waals surface area contributed by atoms with Gasteiger partial charge in [0, 0.05) is 12.1 Å². The second-order valence-electron chi connectivity index (χ2n) is 7.25. The summed E-state index contributed by atoms with van der Waals surface area (Å²) in [6.45, 7) is 12.6. The van der Waals surface area contributed by atoms with Crippen LogP contribution < -0.4 is 4.74 Å². The number of para-hydroxylation sites is 1. The van der Waals surface area contributed by atoms with Crippen molar-refractivity contribution < 1.29 is 14.6 Å². The van der Waals surface area contributed by atoms with Gasteiger partial charge in [0.25, 0.3) is 5.91 Å². The number of ether oxygens (including phenoxy) is 1. The van der Waals surface area contributed by atoms with Crippen LogP contribution in [0.4, 0.5) is 5.69 Å². The molecule has 31 heavy (non-hydrogen) atoms. The van der Waals surface area contributed by atoms with Crippen molar-refractivity contribution in [1.82, 2.24) is 4.90 Å². The Morgan fingerprint density at radius 3 is 2.55 bits per heavy atom. The van der Waals surface area contributed by atoms with E-state index in [1.165, 1.54) is 11.8 Å². The number of carbonyl (C=O) groups excluding carboxylic acids is 1. The number of nitrogens with zero attached hydrogens (tertiary/aromatic N) is 2. The molecule has 0 atom stereocenters. The standard InChI is InChI=1S/C25H28N2O3S/c1-6-10-19-13-18(14-20(23(19)28)30-8-3)15-21-24(29)27(7-2)25(31-21)26-22-16(4)11-9-12-17(22)5/h6,9,11-15,28H,1,7-8,10H2,2-5H3/b21-15+,26-25?. The minimum Gasteiger partial charge on any atom is -0.504 e. The monoisotopic (exact) mass is 436 g/mol. The molecule has 1 amide bonds. The number of likely N-dealkylation sites (N-methyl/N-ethyl adjacent to an activating group) is 1. The van der Waals surface area contributed by atoms with Gasteiger partial charge >= 0.3 is 0 Å². The number of hydrogen-bond acceptors (Lipinski definition) is 5. The Balaban J connectivity index is 2.03. The lowest BCUT2D eigenvalue weighted by atomic mass is 10.1. The first-order valence-electron chi connectivity index (χ1n) is 10.3. The Kier molecular flexibility index (Phi) is 7.23. The first-order valence-corrected chi connectivity index (χ1v) is 11.2. The van der Waals surface area contributed by atoms with Crippen LogP contribution in [0.1, 0.15) is 36.1 Å². The number of amides is 1. The molecular weight excluding hydrogens is 408 g/mol. The van der Waals surface area contributed by atoms with Crippen molar-refractivity contribution in [2.75, 3.05) is 13.2 Å². The number of aryl methyl sites for hydroxylation is 2. The first kappa shape index (κ1) is 22.7. The van der Waals surface area contributed by atoms with Gasteiger partial charge in [0.05, 0.1) is 17.2 Å². The molecule has 0 saturated carbocycles. The van der Waals surface area contributed by atoms with Crippen molar-refractivity contribution in [1.29, 1.82) is 0 Å². The summed E-state index contributed by atoms with van der Waals surface area (Å²) in [7, 11) is 0. The Hall–Kier alpha value is -2.99. The summed E-state index contributed by atoms with van der Waals surface area (Å²) in [4.78, 5) is 20.2. The van der Waals surface area contributed by atoms with Crippen molar-refractivity contribution in [3.63, 3.8) is 0 Å². The normalized spacial score (nSPS) is 16.4. The number of thioether (sulfide) groups is 1. The predicted molar refractivity (Wildman–Crippen MR) is 129 cm³/mol. The fraction of sp³-hybridized carbons (Fsp3) is 0.280. The zero-order chi connectivity index (χ0) is 22.5. The molecule has 3 rings (SSSR count). The van der Waals surface area contributed by atoms with Crippen LogP contribution in [0.15, 0.2) is 52.9 Å². The van der Waals surface area contributed by atoms with Gasteiger partial charge in [-0.1, -0.05) is 24.3 Å². The van der Waals surface area contributed by atoms with Gasteiger partial charge in [-0.3, -0.25) is 9.69 Å². The molecule has 2 aromatic carbocycles. The van der Waals surface area contributed by atoms with Crippen LogP contribution in [0.2, 0.25) is 0 Å². The summed E-state index contributed by atoms with van der Waals surface area (Å²) in [5.74, 6) is 0.441. The van der Waals surface area contributed by atoms with Gasteiger partial charge in [0.1, 0.15) is 0 Å². The van der Waals surface area contributed by atoms with E-state index in [1.54, 1.807) is 17.0 Å². The average Bonchev–Trinajstić information content (AvgIpc) is 3.02. The molecule has 0 aromatic heterocycles. The minimum absolute atomic E-state index is 0.0752. The summed E-state index contributed by atoms with van der Waals surface area (Å²) >= 11 is 1.37. The number of carbonyl (C=O) groups is 1. The topological polar surface area (TPSA) is 62.1 Å². The Morgan fingerprint density at radius 1 is 1.23 bits per heavy atom. The van der Waals surface area contributed by atoms with Gasteiger partial charge < -0.3 is 9.84 Å². The molecule has 5 nitrogen and oxygen atoms in total. The third-order valence-electron chi connectivity index (χ3n) is 4.99. The van der Waals surface area contributed by atoms with Crippen LogP contribution in [0, 0.1) is 13.8 Å². The summed E-state index contributed by atoms with van der Waals surface area (Å²) in [5, 5.41) is 11.1. The molecule has 1 saturated heterocycles. The molecule has 1 N–H and O–H groups in total. The second-order valence-corrected chi connectivity index (χ2v) is 8.26. The lowest BCUT2D eigenvalue weighted by Crippen LogP contribution is -2.28. The van der Waals surface area contributed by atoms with E-state index in [0.717, 1.165) is 22.4 Å². The van der Waals surface area contributed by atoms with E-state index in [1.807, 2.05) is 58.0 Å². The third kappa shape index (κ3) is 4.85. The van der Waals surface area contributed by atoms with Gasteiger partial charge in [-0.2, -0.15) is 0 Å². The summed E-state index contributed by atoms with van der Waals surface area (Å²) in [6, 6.07) is 9.66. The van der Waals surface area contributed by atoms with Crippen molar-refractivity contribution in [2.24, 2.45) is 4.99 Å². The van der Waals surface area contributed by atoms with E-state index in [-0.39, 0.29) is 11.7 Å². The van der Waals surface area contributed by atoms with Gasteiger partial charge in [0.15, 0.2) is 16.7 Å². The second kappa shape index (κ2) is 9.88. The maximum absolute atomic E-state index is 13.1. The minimum atomic E-state index is -0.0752. The highest BCUT2D eigenvalue weighted by atomic mass is 32.2. The third-order valence-corrected chi connectivity index (χ3v) is 6.00. The smallest absolute Gasteiger partial charge is 0.266 e. The lowest BCUT2D eigenvalue weighted by molar-refractivity contribution is -0.122. The van der Waals surface area contributed by atoms with Crippen LogP contribution >= 0.6 is 11.8 Å². The van der Waals surface area contributed by atoms with E-state index in [0.29, 0.717) is 41.0 Å². The maximum Gasteiger partial charge on any atom is 0.266 e. The van der Waals surface area contributed by atoms with Crippen LogP contribution in [0.25, 0.3) is 6.08 Å². The molecule has 0 spiro atoms. The van der Waals surface area contributed by atoms with Crippen molar-refractivity contribution in [3.05, 3.63) is 70.1 Å². The number of phenolic OH excluding ortho intramolecular Hbond substituents is 1. The predicted octanol–water partition coefficient (Wildman–Crippen LogP) is 5.76. The summed E-state index contributed by atoms with van der Waals surface area (Å²) < 4.78 is 5.58. The van der Waals surface area contributed by atoms with Crippen LogP contribution in [-0.2, 0) is 11.2 Å². The fourth-order valence-electron chi connectivity index (χ4n) is 3.45. The number of phenols is 1. The molecule has 1 aliphatic rings. The zero-order valence-electron chi connectivity index (χ0n) is 18.4. The number of hydrogen-bond donors (Lipinski definition) is 1. The Bertz CT molecular complexity index is 1050.